The zero-order valence-corrected chi connectivity index (χ0v) is 21.6. The van der Waals surface area contributed by atoms with Crippen molar-refractivity contribution < 1.29 is 22.4 Å². The minimum Gasteiger partial charge on any atom is -0.352 e. The van der Waals surface area contributed by atoms with Gasteiger partial charge < -0.3 is 10.2 Å². The van der Waals surface area contributed by atoms with Crippen molar-refractivity contribution in [1.82, 2.24) is 10.2 Å². The third-order valence-electron chi connectivity index (χ3n) is 5.91. The molecule has 184 valence electrons. The summed E-state index contributed by atoms with van der Waals surface area (Å²) in [5.41, 5.74) is 0.545. The van der Waals surface area contributed by atoms with E-state index in [1.54, 1.807) is 6.92 Å². The molecular formula is C24H29BrFN3O4S. The first-order valence-corrected chi connectivity index (χ1v) is 13.8. The number of carbonyl (C=O) groups excluding carboxylic acids is 2. The maximum atomic E-state index is 14.4. The Morgan fingerprint density at radius 2 is 1.82 bits per heavy atom. The quantitative estimate of drug-likeness (QED) is 0.511. The summed E-state index contributed by atoms with van der Waals surface area (Å²) >= 11 is 3.41. The van der Waals surface area contributed by atoms with Crippen LogP contribution >= 0.6 is 15.9 Å². The zero-order valence-electron chi connectivity index (χ0n) is 19.2. The SMILES string of the molecule is CC(C(=O)NC1CCCC1)N(Cc1cccc(Br)c1)C(=O)CN(c1ccccc1F)S(C)(=O)=O. The number of sulfonamides is 1. The van der Waals surface area contributed by atoms with Gasteiger partial charge in [0.1, 0.15) is 18.4 Å². The van der Waals surface area contributed by atoms with E-state index < -0.39 is 34.3 Å². The van der Waals surface area contributed by atoms with Crippen molar-refractivity contribution in [2.24, 2.45) is 0 Å². The van der Waals surface area contributed by atoms with Gasteiger partial charge in [0.05, 0.1) is 11.9 Å². The number of hydrogen-bond donors (Lipinski definition) is 1. The van der Waals surface area contributed by atoms with E-state index in [0.717, 1.165) is 52.3 Å². The Labute approximate surface area is 208 Å². The molecule has 1 fully saturated rings. The van der Waals surface area contributed by atoms with Crippen molar-refractivity contribution >= 4 is 43.5 Å². The zero-order chi connectivity index (χ0) is 24.9. The standard InChI is InChI=1S/C24H29BrFN3O4S/c1-17(24(31)27-20-10-3-4-11-20)28(15-18-8-7-9-19(25)14-18)23(30)16-29(34(2,32)33)22-13-6-5-12-21(22)26/h5-9,12-14,17,20H,3-4,10-11,15-16H2,1-2H3,(H,27,31). The van der Waals surface area contributed by atoms with Gasteiger partial charge >= 0.3 is 0 Å². The van der Waals surface area contributed by atoms with Gasteiger partial charge in [0.15, 0.2) is 0 Å². The van der Waals surface area contributed by atoms with Gasteiger partial charge in [-0.15, -0.1) is 0 Å². The van der Waals surface area contributed by atoms with Gasteiger partial charge in [0, 0.05) is 17.1 Å². The van der Waals surface area contributed by atoms with Crippen molar-refractivity contribution in [3.05, 3.63) is 64.4 Å². The van der Waals surface area contributed by atoms with E-state index in [9.17, 15) is 22.4 Å². The molecule has 34 heavy (non-hydrogen) atoms. The van der Waals surface area contributed by atoms with Crippen LogP contribution in [0.1, 0.15) is 38.2 Å². The van der Waals surface area contributed by atoms with E-state index in [0.29, 0.717) is 0 Å². The Morgan fingerprint density at radius 1 is 1.15 bits per heavy atom. The average molecular weight is 554 g/mol. The molecule has 3 rings (SSSR count). The highest BCUT2D eigenvalue weighted by Crippen LogP contribution is 2.23. The number of hydrogen-bond acceptors (Lipinski definition) is 4. The summed E-state index contributed by atoms with van der Waals surface area (Å²) in [6.45, 7) is 1.08. The number of carbonyl (C=O) groups is 2. The number of para-hydroxylation sites is 1. The van der Waals surface area contributed by atoms with E-state index >= 15 is 0 Å². The first kappa shape index (κ1) is 26.2. The molecule has 0 spiro atoms. The third-order valence-corrected chi connectivity index (χ3v) is 7.53. The van der Waals surface area contributed by atoms with Gasteiger partial charge in [-0.05, 0) is 49.6 Å². The Kier molecular flexibility index (Phi) is 8.70. The maximum absolute atomic E-state index is 14.4. The summed E-state index contributed by atoms with van der Waals surface area (Å²) in [5.74, 6) is -1.67. The Hall–Kier alpha value is -2.46. The number of anilines is 1. The number of nitrogens with one attached hydrogen (secondary N) is 1. The van der Waals surface area contributed by atoms with Crippen LogP contribution in [0.4, 0.5) is 10.1 Å². The highest BCUT2D eigenvalue weighted by molar-refractivity contribution is 9.10. The second kappa shape index (κ2) is 11.3. The predicted molar refractivity (Wildman–Crippen MR) is 133 cm³/mol. The molecular weight excluding hydrogens is 525 g/mol. The van der Waals surface area contributed by atoms with E-state index in [2.05, 4.69) is 21.2 Å². The summed E-state index contributed by atoms with van der Waals surface area (Å²) in [6.07, 6.45) is 4.81. The van der Waals surface area contributed by atoms with Gasteiger partial charge in [-0.3, -0.25) is 13.9 Å². The van der Waals surface area contributed by atoms with Crippen LogP contribution in [0, 0.1) is 5.82 Å². The largest absolute Gasteiger partial charge is 0.352 e. The summed E-state index contributed by atoms with van der Waals surface area (Å²) in [4.78, 5) is 27.8. The molecule has 0 aromatic heterocycles. The van der Waals surface area contributed by atoms with E-state index in [-0.39, 0.29) is 24.2 Å². The normalized spacial score (nSPS) is 15.1. The fourth-order valence-corrected chi connectivity index (χ4v) is 5.35. The summed E-state index contributed by atoms with van der Waals surface area (Å²) in [7, 11) is -3.98. The molecule has 2 aromatic carbocycles. The molecule has 0 heterocycles. The minimum absolute atomic E-state index is 0.0729. The lowest BCUT2D eigenvalue weighted by atomic mass is 10.1. The molecule has 0 radical (unpaired) electrons. The van der Waals surface area contributed by atoms with Gasteiger partial charge in [-0.1, -0.05) is 53.0 Å². The molecule has 1 unspecified atom stereocenters. The molecule has 1 atom stereocenters. The van der Waals surface area contributed by atoms with E-state index in [4.69, 9.17) is 0 Å². The molecule has 1 aliphatic carbocycles. The van der Waals surface area contributed by atoms with Gasteiger partial charge in [0.25, 0.3) is 0 Å². The van der Waals surface area contributed by atoms with Crippen LogP contribution in [0.2, 0.25) is 0 Å². The molecule has 1 saturated carbocycles. The fourth-order valence-electron chi connectivity index (χ4n) is 4.06. The highest BCUT2D eigenvalue weighted by Gasteiger charge is 2.32. The van der Waals surface area contributed by atoms with Gasteiger partial charge in [0.2, 0.25) is 21.8 Å². The first-order chi connectivity index (χ1) is 16.1. The monoisotopic (exact) mass is 553 g/mol. The number of benzene rings is 2. The molecule has 0 saturated heterocycles. The van der Waals surface area contributed by atoms with Crippen molar-refractivity contribution in [3.63, 3.8) is 0 Å². The van der Waals surface area contributed by atoms with Crippen LogP contribution < -0.4 is 9.62 Å². The van der Waals surface area contributed by atoms with E-state index in [1.165, 1.54) is 23.1 Å². The molecule has 2 amide bonds. The average Bonchev–Trinajstić information content (AvgIpc) is 3.28. The molecule has 2 aromatic rings. The molecule has 0 bridgehead atoms. The molecule has 7 nitrogen and oxygen atoms in total. The lowest BCUT2D eigenvalue weighted by molar-refractivity contribution is -0.139. The molecule has 1 aliphatic rings. The molecule has 1 N–H and O–H groups in total. The van der Waals surface area contributed by atoms with Crippen LogP contribution in [-0.2, 0) is 26.2 Å². The van der Waals surface area contributed by atoms with Crippen LogP contribution in [0.25, 0.3) is 0 Å². The lowest BCUT2D eigenvalue weighted by Gasteiger charge is -2.32. The maximum Gasteiger partial charge on any atom is 0.244 e. The Balaban J connectivity index is 1.89. The lowest BCUT2D eigenvalue weighted by Crippen LogP contribution is -2.52. The second-order valence-corrected chi connectivity index (χ2v) is 11.4. The smallest absolute Gasteiger partial charge is 0.244 e. The predicted octanol–water partition coefficient (Wildman–Crippen LogP) is 3.83. The van der Waals surface area contributed by atoms with Crippen molar-refractivity contribution in [3.8, 4) is 0 Å². The third kappa shape index (κ3) is 6.79. The van der Waals surface area contributed by atoms with Gasteiger partial charge in [-0.25, -0.2) is 12.8 Å². The topological polar surface area (TPSA) is 86.8 Å². The number of amides is 2. The minimum atomic E-state index is -3.98. The van der Waals surface area contributed by atoms with E-state index in [1.807, 2.05) is 24.3 Å². The highest BCUT2D eigenvalue weighted by atomic mass is 79.9. The molecule has 0 aliphatic heterocycles. The first-order valence-electron chi connectivity index (χ1n) is 11.1. The summed E-state index contributed by atoms with van der Waals surface area (Å²) < 4.78 is 40.9. The number of nitrogens with zero attached hydrogens (tertiary/aromatic N) is 2. The van der Waals surface area contributed by atoms with Crippen molar-refractivity contribution in [1.29, 1.82) is 0 Å². The van der Waals surface area contributed by atoms with Crippen molar-refractivity contribution in [2.75, 3.05) is 17.1 Å². The van der Waals surface area contributed by atoms with Crippen molar-refractivity contribution in [2.45, 2.75) is 51.2 Å². The number of rotatable bonds is 9. The second-order valence-electron chi connectivity index (χ2n) is 8.54. The summed E-state index contributed by atoms with van der Waals surface area (Å²) in [5, 5.41) is 3.00. The molecule has 10 heteroatoms. The Morgan fingerprint density at radius 3 is 2.44 bits per heavy atom. The van der Waals surface area contributed by atoms with Crippen LogP contribution in [0.15, 0.2) is 53.0 Å². The fraction of sp³-hybridized carbons (Fsp3) is 0.417. The Bertz CT molecular complexity index is 1140. The van der Waals surface area contributed by atoms with Gasteiger partial charge in [-0.2, -0.15) is 0 Å². The van der Waals surface area contributed by atoms with Crippen LogP contribution in [0.5, 0.6) is 0 Å². The number of halogens is 2. The summed E-state index contributed by atoms with van der Waals surface area (Å²) in [6, 6.07) is 11.9. The van der Waals surface area contributed by atoms with Crippen LogP contribution in [-0.4, -0.2) is 50.0 Å². The van der Waals surface area contributed by atoms with Crippen LogP contribution in [0.3, 0.4) is 0 Å².